The monoisotopic (exact) mass is 210 g/mol. The normalized spacial score (nSPS) is 13.5. The lowest BCUT2D eigenvalue weighted by atomic mass is 10.0. The van der Waals surface area contributed by atoms with Crippen molar-refractivity contribution in [1.82, 2.24) is 9.78 Å². The van der Waals surface area contributed by atoms with Crippen molar-refractivity contribution in [2.24, 2.45) is 13.0 Å². The Morgan fingerprint density at radius 2 is 2.13 bits per heavy atom. The van der Waals surface area contributed by atoms with Crippen molar-refractivity contribution in [3.63, 3.8) is 0 Å². The van der Waals surface area contributed by atoms with Gasteiger partial charge in [0.25, 0.3) is 0 Å². The molecule has 0 aliphatic carbocycles. The maximum absolute atomic E-state index is 9.84. The first kappa shape index (κ1) is 12.2. The Morgan fingerprint density at radius 1 is 1.47 bits per heavy atom. The molecule has 3 nitrogen and oxygen atoms in total. The van der Waals surface area contributed by atoms with Crippen LogP contribution in [0.4, 0.5) is 0 Å². The summed E-state index contributed by atoms with van der Waals surface area (Å²) in [5.74, 6) is 0.541. The smallest absolute Gasteiger partial charge is 0.0624 e. The van der Waals surface area contributed by atoms with Crippen LogP contribution in [0.2, 0.25) is 0 Å². The second kappa shape index (κ2) is 5.31. The standard InChI is InChI=1S/C12H22N2O/c1-5-10-7-11(14(4)13-10)8-12(15)6-9(2)3/h7,9,12,15H,5-6,8H2,1-4H3. The van der Waals surface area contributed by atoms with Crippen LogP contribution < -0.4 is 0 Å². The Morgan fingerprint density at radius 3 is 2.60 bits per heavy atom. The maximum atomic E-state index is 9.84. The van der Waals surface area contributed by atoms with E-state index in [-0.39, 0.29) is 6.10 Å². The zero-order chi connectivity index (χ0) is 11.4. The largest absolute Gasteiger partial charge is 0.393 e. The van der Waals surface area contributed by atoms with Crippen molar-refractivity contribution in [2.45, 2.75) is 46.1 Å². The van der Waals surface area contributed by atoms with Crippen LogP contribution >= 0.6 is 0 Å². The van der Waals surface area contributed by atoms with Gasteiger partial charge in [0.2, 0.25) is 0 Å². The molecule has 0 saturated carbocycles. The van der Waals surface area contributed by atoms with Gasteiger partial charge < -0.3 is 5.11 Å². The number of aliphatic hydroxyl groups excluding tert-OH is 1. The predicted molar refractivity (Wildman–Crippen MR) is 61.8 cm³/mol. The third-order valence-corrected chi connectivity index (χ3v) is 2.58. The van der Waals surface area contributed by atoms with Crippen LogP contribution in [0.3, 0.4) is 0 Å². The summed E-state index contributed by atoms with van der Waals surface area (Å²) in [6.07, 6.45) is 2.27. The van der Waals surface area contributed by atoms with E-state index in [0.717, 1.165) is 24.2 Å². The molecule has 3 heteroatoms. The van der Waals surface area contributed by atoms with Gasteiger partial charge in [0.05, 0.1) is 11.8 Å². The molecule has 1 unspecified atom stereocenters. The maximum Gasteiger partial charge on any atom is 0.0624 e. The number of hydrogen-bond donors (Lipinski definition) is 1. The third kappa shape index (κ3) is 3.67. The van der Waals surface area contributed by atoms with Crippen LogP contribution in [-0.2, 0) is 19.9 Å². The average molecular weight is 210 g/mol. The molecule has 1 atom stereocenters. The van der Waals surface area contributed by atoms with E-state index < -0.39 is 0 Å². The van der Waals surface area contributed by atoms with Crippen molar-refractivity contribution < 1.29 is 5.11 Å². The summed E-state index contributed by atoms with van der Waals surface area (Å²) in [5.41, 5.74) is 2.23. The Kier molecular flexibility index (Phi) is 4.33. The van der Waals surface area contributed by atoms with E-state index in [2.05, 4.69) is 31.9 Å². The lowest BCUT2D eigenvalue weighted by Gasteiger charge is -2.12. The molecule has 0 bridgehead atoms. The van der Waals surface area contributed by atoms with E-state index in [1.54, 1.807) is 0 Å². The van der Waals surface area contributed by atoms with Gasteiger partial charge in [0.15, 0.2) is 0 Å². The average Bonchev–Trinajstić information content (AvgIpc) is 2.46. The molecular weight excluding hydrogens is 188 g/mol. The highest BCUT2D eigenvalue weighted by Gasteiger charge is 2.11. The van der Waals surface area contributed by atoms with Crippen LogP contribution in [-0.4, -0.2) is 21.0 Å². The van der Waals surface area contributed by atoms with Gasteiger partial charge in [-0.25, -0.2) is 0 Å². The molecule has 0 fully saturated rings. The summed E-state index contributed by atoms with van der Waals surface area (Å²) in [6, 6.07) is 2.09. The Hall–Kier alpha value is -0.830. The van der Waals surface area contributed by atoms with Gasteiger partial charge >= 0.3 is 0 Å². The highest BCUT2D eigenvalue weighted by molar-refractivity contribution is 5.11. The SMILES string of the molecule is CCc1cc(CC(O)CC(C)C)n(C)n1. The summed E-state index contributed by atoms with van der Waals surface area (Å²) in [4.78, 5) is 0. The van der Waals surface area contributed by atoms with E-state index >= 15 is 0 Å². The third-order valence-electron chi connectivity index (χ3n) is 2.58. The van der Waals surface area contributed by atoms with E-state index in [4.69, 9.17) is 0 Å². The zero-order valence-corrected chi connectivity index (χ0v) is 10.2. The predicted octanol–water partition coefficient (Wildman–Crippen LogP) is 1.93. The van der Waals surface area contributed by atoms with Gasteiger partial charge in [-0.3, -0.25) is 4.68 Å². The second-order valence-electron chi connectivity index (χ2n) is 4.59. The highest BCUT2D eigenvalue weighted by atomic mass is 16.3. The number of aromatic nitrogens is 2. The van der Waals surface area contributed by atoms with Gasteiger partial charge in [0.1, 0.15) is 0 Å². The fourth-order valence-electron chi connectivity index (χ4n) is 1.80. The minimum Gasteiger partial charge on any atom is -0.393 e. The highest BCUT2D eigenvalue weighted by Crippen LogP contribution is 2.12. The molecule has 15 heavy (non-hydrogen) atoms. The van der Waals surface area contributed by atoms with Gasteiger partial charge in [-0.2, -0.15) is 5.10 Å². The number of nitrogens with zero attached hydrogens (tertiary/aromatic N) is 2. The van der Waals surface area contributed by atoms with Gasteiger partial charge in [-0.05, 0) is 24.8 Å². The molecule has 1 heterocycles. The van der Waals surface area contributed by atoms with Crippen LogP contribution in [0.1, 0.15) is 38.6 Å². The molecule has 0 spiro atoms. The summed E-state index contributed by atoms with van der Waals surface area (Å²) in [7, 11) is 1.94. The first-order valence-corrected chi connectivity index (χ1v) is 5.72. The molecule has 0 aliphatic rings. The van der Waals surface area contributed by atoms with Crippen molar-refractivity contribution >= 4 is 0 Å². The Bertz CT molecular complexity index is 305. The minimum atomic E-state index is -0.245. The van der Waals surface area contributed by atoms with E-state index in [1.807, 2.05) is 11.7 Å². The molecule has 0 aliphatic heterocycles. The summed E-state index contributed by atoms with van der Waals surface area (Å²) >= 11 is 0. The summed E-state index contributed by atoms with van der Waals surface area (Å²) in [6.45, 7) is 6.35. The topological polar surface area (TPSA) is 38.0 Å². The van der Waals surface area contributed by atoms with E-state index in [9.17, 15) is 5.11 Å². The van der Waals surface area contributed by atoms with Gasteiger partial charge in [-0.15, -0.1) is 0 Å². The molecule has 0 radical (unpaired) electrons. The molecule has 86 valence electrons. The van der Waals surface area contributed by atoms with Crippen LogP contribution in [0.5, 0.6) is 0 Å². The molecule has 1 aromatic heterocycles. The lowest BCUT2D eigenvalue weighted by Crippen LogP contribution is -2.15. The van der Waals surface area contributed by atoms with Crippen LogP contribution in [0.15, 0.2) is 6.07 Å². The molecule has 0 saturated heterocycles. The molecule has 1 rings (SSSR count). The van der Waals surface area contributed by atoms with Gasteiger partial charge in [-0.1, -0.05) is 20.8 Å². The van der Waals surface area contributed by atoms with Crippen molar-refractivity contribution in [3.05, 3.63) is 17.5 Å². The van der Waals surface area contributed by atoms with Crippen molar-refractivity contribution in [1.29, 1.82) is 0 Å². The molecule has 1 N–H and O–H groups in total. The van der Waals surface area contributed by atoms with E-state index in [0.29, 0.717) is 12.3 Å². The Balaban J connectivity index is 2.59. The van der Waals surface area contributed by atoms with E-state index in [1.165, 1.54) is 0 Å². The summed E-state index contributed by atoms with van der Waals surface area (Å²) < 4.78 is 1.88. The fourth-order valence-corrected chi connectivity index (χ4v) is 1.80. The van der Waals surface area contributed by atoms with Crippen molar-refractivity contribution in [2.75, 3.05) is 0 Å². The van der Waals surface area contributed by atoms with Crippen LogP contribution in [0, 0.1) is 5.92 Å². The zero-order valence-electron chi connectivity index (χ0n) is 10.2. The first-order chi connectivity index (χ1) is 7.02. The lowest BCUT2D eigenvalue weighted by molar-refractivity contribution is 0.147. The number of aryl methyl sites for hydroxylation is 2. The second-order valence-corrected chi connectivity index (χ2v) is 4.59. The molecule has 0 amide bonds. The Labute approximate surface area is 92.1 Å². The van der Waals surface area contributed by atoms with Gasteiger partial charge in [0, 0.05) is 19.2 Å². The van der Waals surface area contributed by atoms with Crippen LogP contribution in [0.25, 0.3) is 0 Å². The number of aliphatic hydroxyl groups is 1. The minimum absolute atomic E-state index is 0.245. The first-order valence-electron chi connectivity index (χ1n) is 5.72. The summed E-state index contributed by atoms with van der Waals surface area (Å²) in [5, 5.41) is 14.2. The molecule has 0 aromatic carbocycles. The molecular formula is C12H22N2O. The number of rotatable bonds is 5. The van der Waals surface area contributed by atoms with Crippen molar-refractivity contribution in [3.8, 4) is 0 Å². The fraction of sp³-hybridized carbons (Fsp3) is 0.750. The number of hydrogen-bond acceptors (Lipinski definition) is 2. The molecule has 1 aromatic rings. The quantitative estimate of drug-likeness (QED) is 0.806.